The molecule has 0 fully saturated rings. The van der Waals surface area contributed by atoms with Gasteiger partial charge in [-0.1, -0.05) is 91.0 Å². The van der Waals surface area contributed by atoms with Crippen LogP contribution in [-0.2, 0) is 0 Å². The summed E-state index contributed by atoms with van der Waals surface area (Å²) in [6.45, 7) is 0. The van der Waals surface area contributed by atoms with E-state index >= 15 is 0 Å². The minimum atomic E-state index is 0.893. The van der Waals surface area contributed by atoms with E-state index in [-0.39, 0.29) is 0 Å². The minimum absolute atomic E-state index is 0.893. The number of pyridine rings is 1. The lowest BCUT2D eigenvalue weighted by Crippen LogP contribution is -1.98. The Kier molecular flexibility index (Phi) is 5.54. The fourth-order valence-corrected chi connectivity index (χ4v) is 7.45. The summed E-state index contributed by atoms with van der Waals surface area (Å²) in [4.78, 5) is 4.98. The van der Waals surface area contributed by atoms with Crippen molar-refractivity contribution in [2.45, 2.75) is 0 Å². The zero-order valence-electron chi connectivity index (χ0n) is 25.5. The van der Waals surface area contributed by atoms with Crippen LogP contribution in [0.2, 0.25) is 0 Å². The van der Waals surface area contributed by atoms with Crippen LogP contribution in [0.15, 0.2) is 170 Å². The number of para-hydroxylation sites is 3. The molecule has 0 unspecified atom stereocenters. The second kappa shape index (κ2) is 10.1. The Labute approximate surface area is 271 Å². The van der Waals surface area contributed by atoms with E-state index in [0.717, 1.165) is 33.8 Å². The van der Waals surface area contributed by atoms with Gasteiger partial charge in [-0.15, -0.1) is 0 Å². The zero-order chi connectivity index (χ0) is 30.9. The molecule has 6 aromatic carbocycles. The lowest BCUT2D eigenvalue weighted by molar-refractivity contribution is 1.05. The summed E-state index contributed by atoms with van der Waals surface area (Å²) in [6, 6.07) is 54.2. The van der Waals surface area contributed by atoms with Crippen LogP contribution in [0.1, 0.15) is 0 Å². The fourth-order valence-electron chi connectivity index (χ4n) is 7.45. The molecule has 0 atom stereocenters. The summed E-state index contributed by atoms with van der Waals surface area (Å²) < 4.78 is 6.96. The Bertz CT molecular complexity index is 2710. The number of nitrogens with zero attached hydrogens (tertiary/aromatic N) is 4. The quantitative estimate of drug-likeness (QED) is 0.197. The van der Waals surface area contributed by atoms with Gasteiger partial charge in [-0.3, -0.25) is 0 Å². The topological polar surface area (TPSA) is 27.7 Å². The molecule has 0 aliphatic carbocycles. The molecule has 0 aliphatic heterocycles. The average Bonchev–Trinajstić information content (AvgIpc) is 3.87. The van der Waals surface area contributed by atoms with Crippen LogP contribution in [0.4, 0.5) is 0 Å². The molecule has 0 saturated carbocycles. The molecule has 220 valence electrons. The van der Waals surface area contributed by atoms with Gasteiger partial charge in [0.25, 0.3) is 0 Å². The monoisotopic (exact) mass is 600 g/mol. The maximum absolute atomic E-state index is 4.98. The van der Waals surface area contributed by atoms with Crippen molar-refractivity contribution in [3.8, 4) is 28.3 Å². The zero-order valence-corrected chi connectivity index (χ0v) is 25.5. The van der Waals surface area contributed by atoms with E-state index in [2.05, 4.69) is 172 Å². The number of hydrogen-bond donors (Lipinski definition) is 0. The molecular weight excluding hydrogens is 573 g/mol. The van der Waals surface area contributed by atoms with Gasteiger partial charge < -0.3 is 13.7 Å². The first-order valence-corrected chi connectivity index (χ1v) is 16.0. The number of aromatic nitrogens is 4. The Morgan fingerprint density at radius 3 is 1.72 bits per heavy atom. The fraction of sp³-hybridized carbons (Fsp3) is 0. The molecule has 0 spiro atoms. The van der Waals surface area contributed by atoms with Gasteiger partial charge in [0.15, 0.2) is 0 Å². The second-order valence-electron chi connectivity index (χ2n) is 12.1. The van der Waals surface area contributed by atoms with Crippen molar-refractivity contribution in [2.24, 2.45) is 0 Å². The predicted octanol–water partition coefficient (Wildman–Crippen LogP) is 10.9. The van der Waals surface area contributed by atoms with Gasteiger partial charge in [0.2, 0.25) is 0 Å². The van der Waals surface area contributed by atoms with Crippen molar-refractivity contribution in [2.75, 3.05) is 0 Å². The largest absolute Gasteiger partial charge is 0.316 e. The number of rotatable bonds is 4. The predicted molar refractivity (Wildman–Crippen MR) is 195 cm³/mol. The number of hydrogen-bond acceptors (Lipinski definition) is 1. The number of fused-ring (bicyclic) bond motifs is 9. The highest BCUT2D eigenvalue weighted by molar-refractivity contribution is 6.25. The molecule has 10 rings (SSSR count). The number of benzene rings is 6. The first-order chi connectivity index (χ1) is 23.3. The molecule has 47 heavy (non-hydrogen) atoms. The lowest BCUT2D eigenvalue weighted by Gasteiger charge is -2.14. The van der Waals surface area contributed by atoms with Crippen LogP contribution in [-0.4, -0.2) is 18.7 Å². The molecule has 0 aliphatic rings. The summed E-state index contributed by atoms with van der Waals surface area (Å²) >= 11 is 0. The first kappa shape index (κ1) is 25.9. The molecule has 4 nitrogen and oxygen atoms in total. The highest BCUT2D eigenvalue weighted by Gasteiger charge is 2.19. The van der Waals surface area contributed by atoms with Gasteiger partial charge in [-0.05, 0) is 71.6 Å². The molecule has 0 saturated heterocycles. The van der Waals surface area contributed by atoms with Crippen molar-refractivity contribution in [1.29, 1.82) is 0 Å². The smallest absolute Gasteiger partial charge is 0.137 e. The summed E-state index contributed by atoms with van der Waals surface area (Å²) in [6.07, 6.45) is 6.35. The van der Waals surface area contributed by atoms with Crippen LogP contribution in [0.5, 0.6) is 0 Å². The highest BCUT2D eigenvalue weighted by Crippen LogP contribution is 2.40. The second-order valence-corrected chi connectivity index (χ2v) is 12.1. The van der Waals surface area contributed by atoms with Crippen molar-refractivity contribution < 1.29 is 0 Å². The summed E-state index contributed by atoms with van der Waals surface area (Å²) in [5.74, 6) is 0.893. The summed E-state index contributed by atoms with van der Waals surface area (Å²) in [7, 11) is 0. The van der Waals surface area contributed by atoms with E-state index in [1.54, 1.807) is 0 Å². The average molecular weight is 601 g/mol. The van der Waals surface area contributed by atoms with E-state index in [4.69, 9.17) is 4.98 Å². The summed E-state index contributed by atoms with van der Waals surface area (Å²) in [5, 5.41) is 7.35. The third kappa shape index (κ3) is 3.85. The minimum Gasteiger partial charge on any atom is -0.316 e. The van der Waals surface area contributed by atoms with Crippen molar-refractivity contribution in [3.05, 3.63) is 170 Å². The van der Waals surface area contributed by atoms with E-state index in [1.807, 2.05) is 12.3 Å². The molecule has 0 amide bonds. The highest BCUT2D eigenvalue weighted by atomic mass is 15.1. The summed E-state index contributed by atoms with van der Waals surface area (Å²) in [5.41, 5.74) is 9.30. The van der Waals surface area contributed by atoms with E-state index in [1.165, 1.54) is 48.9 Å². The van der Waals surface area contributed by atoms with Crippen LogP contribution < -0.4 is 0 Å². The van der Waals surface area contributed by atoms with Crippen molar-refractivity contribution in [3.63, 3.8) is 0 Å². The maximum atomic E-state index is 4.98. The van der Waals surface area contributed by atoms with Gasteiger partial charge in [0.1, 0.15) is 5.82 Å². The standard InChI is InChI=1S/C43H28N4/c1-3-11-29(12-4-1)30-19-22-41(44-28-30)46-26-24-37-42-36(23-25-45(42)31-13-5-2-6-14-31)38-27-32(20-21-35(38)43(37)46)47-39-17-9-7-15-33(39)34-16-8-10-18-40(34)47/h1-28H. The molecule has 4 aromatic heterocycles. The first-order valence-electron chi connectivity index (χ1n) is 16.0. The molecule has 4 heterocycles. The Balaban J connectivity index is 1.27. The Hall–Kier alpha value is -6.39. The van der Waals surface area contributed by atoms with E-state index in [0.29, 0.717) is 0 Å². The Morgan fingerprint density at radius 1 is 0.383 bits per heavy atom. The van der Waals surface area contributed by atoms with Crippen LogP contribution in [0.3, 0.4) is 0 Å². The van der Waals surface area contributed by atoms with Crippen LogP contribution in [0, 0.1) is 0 Å². The molecule has 10 aromatic rings. The van der Waals surface area contributed by atoms with Crippen molar-refractivity contribution in [1.82, 2.24) is 18.7 Å². The van der Waals surface area contributed by atoms with Crippen LogP contribution in [0.25, 0.3) is 82.7 Å². The SMILES string of the molecule is c1ccc(-c2ccc(-n3ccc4c5c(ccn5-c5ccccc5)c5cc(-n6c7ccccc7c7ccccc76)ccc5c43)nc2)cc1. The molecule has 0 N–H and O–H groups in total. The molecule has 0 bridgehead atoms. The van der Waals surface area contributed by atoms with E-state index < -0.39 is 0 Å². The van der Waals surface area contributed by atoms with E-state index in [9.17, 15) is 0 Å². The van der Waals surface area contributed by atoms with Gasteiger partial charge in [-0.25, -0.2) is 4.98 Å². The maximum Gasteiger partial charge on any atom is 0.137 e. The third-order valence-corrected chi connectivity index (χ3v) is 9.55. The van der Waals surface area contributed by atoms with Gasteiger partial charge in [-0.2, -0.15) is 0 Å². The van der Waals surface area contributed by atoms with Crippen LogP contribution >= 0.6 is 0 Å². The van der Waals surface area contributed by atoms with Gasteiger partial charge in [0, 0.05) is 62.5 Å². The molecular formula is C43H28N4. The van der Waals surface area contributed by atoms with Gasteiger partial charge in [0.05, 0.1) is 22.1 Å². The normalized spacial score (nSPS) is 11.8. The third-order valence-electron chi connectivity index (χ3n) is 9.55. The van der Waals surface area contributed by atoms with Crippen molar-refractivity contribution >= 4 is 54.4 Å². The lowest BCUT2D eigenvalue weighted by atomic mass is 10.0. The van der Waals surface area contributed by atoms with Gasteiger partial charge >= 0.3 is 0 Å². The molecule has 4 heteroatoms. The Morgan fingerprint density at radius 2 is 1.00 bits per heavy atom. The molecule has 0 radical (unpaired) electrons.